The molecule has 0 amide bonds. The first-order valence-corrected chi connectivity index (χ1v) is 11.3. The Hall–Kier alpha value is -2.84. The zero-order valence-electron chi connectivity index (χ0n) is 18.9. The third-order valence-corrected chi connectivity index (χ3v) is 6.16. The maximum Gasteiger partial charge on any atom is 0.203 e. The van der Waals surface area contributed by atoms with E-state index in [4.69, 9.17) is 9.72 Å². The summed E-state index contributed by atoms with van der Waals surface area (Å²) in [5.41, 5.74) is 2.60. The molecule has 0 saturated carbocycles. The van der Waals surface area contributed by atoms with Gasteiger partial charge in [-0.25, -0.2) is 4.98 Å². The number of ether oxygens (including phenoxy) is 1. The molecule has 1 atom stereocenters. The molecule has 4 rings (SSSR count). The van der Waals surface area contributed by atoms with Gasteiger partial charge >= 0.3 is 0 Å². The second-order valence-electron chi connectivity index (χ2n) is 8.83. The molecular weight excluding hydrogens is 406 g/mol. The molecule has 3 heterocycles. The highest BCUT2D eigenvalue weighted by Crippen LogP contribution is 2.28. The van der Waals surface area contributed by atoms with Crippen LogP contribution in [0.5, 0.6) is 0 Å². The Bertz CT molecular complexity index is 1020. The van der Waals surface area contributed by atoms with E-state index in [1.165, 1.54) is 0 Å². The standard InChI is InChI=1S/C24H33N5O3/c1-18-5-8-22(31)24(2,27-18)17-29-21-15-19(16-30)6-7-20(21)26-23(29)25-9-3-10-28-11-4-13-32-14-12-28/h5-8,15-16,27,31H,3-4,9-14,17H2,1-2H3,(H,25,26). The van der Waals surface area contributed by atoms with Gasteiger partial charge in [-0.05, 0) is 63.6 Å². The summed E-state index contributed by atoms with van der Waals surface area (Å²) in [7, 11) is 0. The molecular formula is C24H33N5O3. The number of hydrogen-bond acceptors (Lipinski definition) is 7. The van der Waals surface area contributed by atoms with E-state index in [-0.39, 0.29) is 5.76 Å². The van der Waals surface area contributed by atoms with Crippen molar-refractivity contribution in [3.63, 3.8) is 0 Å². The van der Waals surface area contributed by atoms with Gasteiger partial charge in [-0.2, -0.15) is 0 Å². The Morgan fingerprint density at radius 1 is 1.31 bits per heavy atom. The van der Waals surface area contributed by atoms with Crippen molar-refractivity contribution in [2.75, 3.05) is 44.7 Å². The van der Waals surface area contributed by atoms with Gasteiger partial charge in [0.05, 0.1) is 24.2 Å². The summed E-state index contributed by atoms with van der Waals surface area (Å²) < 4.78 is 7.59. The monoisotopic (exact) mass is 439 g/mol. The maximum atomic E-state index is 11.4. The SMILES string of the molecule is CC1=CC=C(O)C(C)(Cn2c(NCCCN3CCCOCC3)nc3ccc(C=O)cc32)N1. The normalized spacial score (nSPS) is 22.1. The van der Waals surface area contributed by atoms with Crippen LogP contribution in [-0.2, 0) is 11.3 Å². The van der Waals surface area contributed by atoms with Crippen LogP contribution in [0.1, 0.15) is 37.0 Å². The fourth-order valence-corrected chi connectivity index (χ4v) is 4.40. The molecule has 0 radical (unpaired) electrons. The highest BCUT2D eigenvalue weighted by atomic mass is 16.5. The van der Waals surface area contributed by atoms with E-state index in [1.807, 2.05) is 32.1 Å². The second-order valence-corrected chi connectivity index (χ2v) is 8.83. The molecule has 2 aliphatic rings. The van der Waals surface area contributed by atoms with E-state index in [0.29, 0.717) is 12.1 Å². The van der Waals surface area contributed by atoms with Gasteiger partial charge in [0.15, 0.2) is 0 Å². The minimum atomic E-state index is -0.674. The highest BCUT2D eigenvalue weighted by molar-refractivity contribution is 5.86. The molecule has 0 bridgehead atoms. The predicted molar refractivity (Wildman–Crippen MR) is 126 cm³/mol. The number of aliphatic hydroxyl groups is 1. The van der Waals surface area contributed by atoms with Crippen LogP contribution in [0.2, 0.25) is 0 Å². The van der Waals surface area contributed by atoms with Crippen LogP contribution in [0.15, 0.2) is 41.8 Å². The highest BCUT2D eigenvalue weighted by Gasteiger charge is 2.33. The number of imidazole rings is 1. The Balaban J connectivity index is 1.53. The zero-order chi connectivity index (χ0) is 22.6. The number of aliphatic hydroxyl groups excluding tert-OH is 1. The first kappa shape index (κ1) is 22.4. The molecule has 2 aliphatic heterocycles. The first-order valence-electron chi connectivity index (χ1n) is 11.3. The molecule has 0 aliphatic carbocycles. The van der Waals surface area contributed by atoms with Crippen LogP contribution in [0.4, 0.5) is 5.95 Å². The van der Waals surface area contributed by atoms with Crippen LogP contribution in [0.25, 0.3) is 11.0 Å². The summed E-state index contributed by atoms with van der Waals surface area (Å²) in [5.74, 6) is 1.01. The Labute approximate surface area is 188 Å². The van der Waals surface area contributed by atoms with Crippen molar-refractivity contribution in [3.8, 4) is 0 Å². The van der Waals surface area contributed by atoms with E-state index in [2.05, 4.69) is 20.1 Å². The molecule has 1 unspecified atom stereocenters. The summed E-state index contributed by atoms with van der Waals surface area (Å²) in [6.07, 6.45) is 6.52. The Kier molecular flexibility index (Phi) is 6.81. The van der Waals surface area contributed by atoms with Crippen molar-refractivity contribution in [2.45, 2.75) is 38.8 Å². The number of aldehydes is 1. The van der Waals surface area contributed by atoms with E-state index in [0.717, 1.165) is 81.2 Å². The molecule has 2 aromatic rings. The lowest BCUT2D eigenvalue weighted by atomic mass is 9.95. The number of carbonyl (C=O) groups is 1. The number of dihydropyridines is 1. The lowest BCUT2D eigenvalue weighted by molar-refractivity contribution is 0.112. The van der Waals surface area contributed by atoms with Crippen molar-refractivity contribution in [2.24, 2.45) is 0 Å². The molecule has 8 nitrogen and oxygen atoms in total. The first-order chi connectivity index (χ1) is 15.5. The van der Waals surface area contributed by atoms with Crippen LogP contribution in [0.3, 0.4) is 0 Å². The Morgan fingerprint density at radius 2 is 2.19 bits per heavy atom. The summed E-state index contributed by atoms with van der Waals surface area (Å²) in [4.78, 5) is 18.6. The number of benzene rings is 1. The lowest BCUT2D eigenvalue weighted by Crippen LogP contribution is -2.48. The average Bonchev–Trinajstić information content (AvgIpc) is 2.93. The molecule has 1 fully saturated rings. The van der Waals surface area contributed by atoms with Crippen molar-refractivity contribution in [3.05, 3.63) is 47.4 Å². The van der Waals surface area contributed by atoms with Crippen molar-refractivity contribution in [1.29, 1.82) is 0 Å². The molecule has 32 heavy (non-hydrogen) atoms. The number of nitrogens with zero attached hydrogens (tertiary/aromatic N) is 3. The number of aromatic nitrogens is 2. The van der Waals surface area contributed by atoms with E-state index < -0.39 is 5.54 Å². The zero-order valence-corrected chi connectivity index (χ0v) is 18.9. The van der Waals surface area contributed by atoms with E-state index in [1.54, 1.807) is 12.1 Å². The fraction of sp³-hybridized carbons (Fsp3) is 0.500. The number of anilines is 1. The number of fused-ring (bicyclic) bond motifs is 1. The van der Waals surface area contributed by atoms with Crippen molar-refractivity contribution >= 4 is 23.3 Å². The Morgan fingerprint density at radius 3 is 3.03 bits per heavy atom. The molecule has 1 aromatic carbocycles. The van der Waals surface area contributed by atoms with E-state index in [9.17, 15) is 9.90 Å². The molecule has 3 N–H and O–H groups in total. The number of hydrogen-bond donors (Lipinski definition) is 3. The third kappa shape index (κ3) is 4.97. The van der Waals surface area contributed by atoms with Crippen LogP contribution < -0.4 is 10.6 Å². The van der Waals surface area contributed by atoms with Crippen molar-refractivity contribution < 1.29 is 14.6 Å². The topological polar surface area (TPSA) is 91.7 Å². The predicted octanol–water partition coefficient (Wildman–Crippen LogP) is 3.08. The van der Waals surface area contributed by atoms with Gasteiger partial charge in [-0.1, -0.05) is 0 Å². The minimum absolute atomic E-state index is 0.269. The molecule has 172 valence electrons. The summed E-state index contributed by atoms with van der Waals surface area (Å²) in [6.45, 7) is 9.92. The molecule has 1 aromatic heterocycles. The summed E-state index contributed by atoms with van der Waals surface area (Å²) in [6, 6.07) is 5.51. The van der Waals surface area contributed by atoms with E-state index >= 15 is 0 Å². The van der Waals surface area contributed by atoms with Gasteiger partial charge in [-0.3, -0.25) is 4.79 Å². The van der Waals surface area contributed by atoms with Crippen LogP contribution >= 0.6 is 0 Å². The van der Waals surface area contributed by atoms with Gasteiger partial charge in [0.25, 0.3) is 0 Å². The lowest BCUT2D eigenvalue weighted by Gasteiger charge is -2.34. The van der Waals surface area contributed by atoms with Crippen LogP contribution in [-0.4, -0.2) is 70.8 Å². The quantitative estimate of drug-likeness (QED) is 0.430. The van der Waals surface area contributed by atoms with Gasteiger partial charge in [0, 0.05) is 37.5 Å². The van der Waals surface area contributed by atoms with Crippen LogP contribution in [0, 0.1) is 0 Å². The van der Waals surface area contributed by atoms with Crippen molar-refractivity contribution in [1.82, 2.24) is 19.8 Å². The largest absolute Gasteiger partial charge is 0.510 e. The average molecular weight is 440 g/mol. The summed E-state index contributed by atoms with van der Waals surface area (Å²) in [5, 5.41) is 17.5. The van der Waals surface area contributed by atoms with Gasteiger partial charge < -0.3 is 29.9 Å². The molecule has 8 heteroatoms. The third-order valence-electron chi connectivity index (χ3n) is 6.16. The van der Waals surface area contributed by atoms with Gasteiger partial charge in [0.2, 0.25) is 5.95 Å². The molecule has 0 spiro atoms. The number of carbonyl (C=O) groups excluding carboxylic acids is 1. The minimum Gasteiger partial charge on any atom is -0.510 e. The number of allylic oxidation sites excluding steroid dienone is 3. The smallest absolute Gasteiger partial charge is 0.203 e. The second kappa shape index (κ2) is 9.75. The molecule has 1 saturated heterocycles. The summed E-state index contributed by atoms with van der Waals surface area (Å²) >= 11 is 0. The maximum absolute atomic E-state index is 11.4. The van der Waals surface area contributed by atoms with Gasteiger partial charge in [-0.15, -0.1) is 0 Å². The fourth-order valence-electron chi connectivity index (χ4n) is 4.40. The number of nitrogens with one attached hydrogen (secondary N) is 2. The van der Waals surface area contributed by atoms with Gasteiger partial charge in [0.1, 0.15) is 17.6 Å². The number of rotatable bonds is 8.